The van der Waals surface area contributed by atoms with E-state index in [1.807, 2.05) is 13.8 Å². The van der Waals surface area contributed by atoms with Crippen LogP contribution in [0.3, 0.4) is 0 Å². The maximum absolute atomic E-state index is 13.3. The van der Waals surface area contributed by atoms with Gasteiger partial charge in [0.25, 0.3) is 5.91 Å². The molecule has 1 aliphatic rings. The quantitative estimate of drug-likeness (QED) is 0.787. The molecule has 7 heteroatoms. The van der Waals surface area contributed by atoms with Gasteiger partial charge in [-0.15, -0.1) is 12.4 Å². The van der Waals surface area contributed by atoms with Gasteiger partial charge in [-0.3, -0.25) is 4.79 Å². The highest BCUT2D eigenvalue weighted by Crippen LogP contribution is 2.40. The minimum atomic E-state index is -0.794. The summed E-state index contributed by atoms with van der Waals surface area (Å²) in [6.45, 7) is 3.82. The van der Waals surface area contributed by atoms with Gasteiger partial charge in [0, 0.05) is 29.3 Å². The number of benzene rings is 2. The topological polar surface area (TPSA) is 64.4 Å². The summed E-state index contributed by atoms with van der Waals surface area (Å²) >= 11 is 0. The lowest BCUT2D eigenvalue weighted by atomic mass is 9.89. The Morgan fingerprint density at radius 2 is 1.84 bits per heavy atom. The maximum Gasteiger partial charge on any atom is 0.251 e. The predicted octanol–water partition coefficient (Wildman–Crippen LogP) is 4.00. The van der Waals surface area contributed by atoms with Crippen molar-refractivity contribution in [1.82, 2.24) is 5.32 Å². The molecule has 0 aliphatic carbocycles. The van der Waals surface area contributed by atoms with Gasteiger partial charge in [-0.2, -0.15) is 0 Å². The second kappa shape index (κ2) is 6.88. The molecule has 0 fully saturated rings. The Bertz CT molecular complexity index is 791. The second-order valence-corrected chi connectivity index (χ2v) is 6.55. The van der Waals surface area contributed by atoms with Gasteiger partial charge >= 0.3 is 0 Å². The Kier molecular flexibility index (Phi) is 5.23. The summed E-state index contributed by atoms with van der Waals surface area (Å²) in [7, 11) is 0. The smallest absolute Gasteiger partial charge is 0.251 e. The molecule has 0 saturated heterocycles. The average Bonchev–Trinajstić information content (AvgIpc) is 2.46. The third-order valence-electron chi connectivity index (χ3n) is 3.92. The number of fused-ring (bicyclic) bond motifs is 1. The predicted molar refractivity (Wildman–Crippen MR) is 94.0 cm³/mol. The molecular weight excluding hydrogens is 350 g/mol. The first-order valence-corrected chi connectivity index (χ1v) is 7.59. The van der Waals surface area contributed by atoms with E-state index < -0.39 is 23.1 Å². The van der Waals surface area contributed by atoms with E-state index >= 15 is 0 Å². The van der Waals surface area contributed by atoms with Gasteiger partial charge in [0.2, 0.25) is 0 Å². The largest absolute Gasteiger partial charge is 0.487 e. The molecule has 0 bridgehead atoms. The summed E-state index contributed by atoms with van der Waals surface area (Å²) in [5, 5.41) is 2.82. The molecule has 1 heterocycles. The third-order valence-corrected chi connectivity index (χ3v) is 3.92. The van der Waals surface area contributed by atoms with Crippen LogP contribution in [0.1, 0.15) is 42.2 Å². The van der Waals surface area contributed by atoms with Gasteiger partial charge in [-0.1, -0.05) is 0 Å². The first-order chi connectivity index (χ1) is 11.2. The number of rotatable bonds is 2. The molecule has 4 nitrogen and oxygen atoms in total. The number of nitrogens with one attached hydrogen (secondary N) is 1. The van der Waals surface area contributed by atoms with Crippen LogP contribution in [-0.4, -0.2) is 11.5 Å². The fourth-order valence-electron chi connectivity index (χ4n) is 2.93. The van der Waals surface area contributed by atoms with E-state index in [1.165, 1.54) is 0 Å². The Morgan fingerprint density at radius 1 is 1.20 bits per heavy atom. The van der Waals surface area contributed by atoms with E-state index in [0.717, 1.165) is 23.8 Å². The lowest BCUT2D eigenvalue weighted by Gasteiger charge is -2.38. The summed E-state index contributed by atoms with van der Waals surface area (Å²) in [6.07, 6.45) is 0.507. The summed E-state index contributed by atoms with van der Waals surface area (Å²) < 4.78 is 32.6. The first kappa shape index (κ1) is 19.0. The Morgan fingerprint density at radius 3 is 2.48 bits per heavy atom. The van der Waals surface area contributed by atoms with Crippen LogP contribution in [0.25, 0.3) is 0 Å². The highest BCUT2D eigenvalue weighted by molar-refractivity contribution is 5.94. The van der Waals surface area contributed by atoms with Crippen molar-refractivity contribution in [3.63, 3.8) is 0 Å². The van der Waals surface area contributed by atoms with E-state index in [9.17, 15) is 13.6 Å². The van der Waals surface area contributed by atoms with Crippen LogP contribution in [-0.2, 0) is 0 Å². The normalized spacial score (nSPS) is 17.7. The molecule has 134 valence electrons. The lowest BCUT2D eigenvalue weighted by Crippen LogP contribution is -2.41. The number of hydrogen-bond acceptors (Lipinski definition) is 3. The van der Waals surface area contributed by atoms with Crippen molar-refractivity contribution in [3.05, 3.63) is 59.2 Å². The number of nitrogen functional groups attached to an aromatic ring is 1. The third kappa shape index (κ3) is 4.20. The van der Waals surface area contributed by atoms with Gasteiger partial charge in [0.1, 0.15) is 23.0 Å². The molecule has 0 spiro atoms. The zero-order valence-corrected chi connectivity index (χ0v) is 14.6. The number of anilines is 1. The Labute approximate surface area is 150 Å². The second-order valence-electron chi connectivity index (χ2n) is 6.55. The molecule has 1 amide bonds. The molecule has 25 heavy (non-hydrogen) atoms. The van der Waals surface area contributed by atoms with E-state index in [2.05, 4.69) is 5.32 Å². The summed E-state index contributed by atoms with van der Waals surface area (Å²) in [5.74, 6) is -1.50. The molecule has 2 aromatic rings. The van der Waals surface area contributed by atoms with Crippen LogP contribution in [0.4, 0.5) is 14.5 Å². The Hall–Kier alpha value is -2.34. The summed E-state index contributed by atoms with van der Waals surface area (Å²) in [6, 6.07) is 7.58. The van der Waals surface area contributed by atoms with Crippen molar-refractivity contribution < 1.29 is 18.3 Å². The Balaban J connectivity index is 0.00000225. The summed E-state index contributed by atoms with van der Waals surface area (Å²) in [4.78, 5) is 12.4. The van der Waals surface area contributed by atoms with E-state index in [1.54, 1.807) is 18.2 Å². The van der Waals surface area contributed by atoms with Crippen molar-refractivity contribution in [1.29, 1.82) is 0 Å². The van der Waals surface area contributed by atoms with Gasteiger partial charge in [-0.05, 0) is 44.2 Å². The minimum absolute atomic E-state index is 0. The van der Waals surface area contributed by atoms with Crippen LogP contribution in [0.5, 0.6) is 5.75 Å². The van der Waals surface area contributed by atoms with Crippen LogP contribution in [0, 0.1) is 11.6 Å². The van der Waals surface area contributed by atoms with Crippen LogP contribution in [0.15, 0.2) is 36.4 Å². The zero-order chi connectivity index (χ0) is 17.5. The van der Waals surface area contributed by atoms with E-state index in [0.29, 0.717) is 17.9 Å². The van der Waals surface area contributed by atoms with Crippen LogP contribution >= 0.6 is 12.4 Å². The number of nitrogens with two attached hydrogens (primary N) is 1. The number of ether oxygens (including phenoxy) is 1. The van der Waals surface area contributed by atoms with Gasteiger partial charge in [0.05, 0.1) is 6.04 Å². The maximum atomic E-state index is 13.3. The fourth-order valence-corrected chi connectivity index (χ4v) is 2.93. The molecule has 3 N–H and O–H groups in total. The number of halogens is 3. The molecule has 3 rings (SSSR count). The molecule has 1 atom stereocenters. The SMILES string of the molecule is CC1(C)CC(NC(=O)c2cc(F)cc(F)c2)c2cc(N)ccc2O1.Cl. The monoisotopic (exact) mass is 368 g/mol. The van der Waals surface area contributed by atoms with Crippen molar-refractivity contribution >= 4 is 24.0 Å². The first-order valence-electron chi connectivity index (χ1n) is 7.59. The zero-order valence-electron chi connectivity index (χ0n) is 13.8. The molecule has 1 aliphatic heterocycles. The number of carbonyl (C=O) groups excluding carboxylic acids is 1. The fraction of sp³-hybridized carbons (Fsp3) is 0.278. The van der Waals surface area contributed by atoms with E-state index in [-0.39, 0.29) is 24.0 Å². The van der Waals surface area contributed by atoms with Gasteiger partial charge in [-0.25, -0.2) is 8.78 Å². The standard InChI is InChI=1S/C18H18F2N2O2.ClH/c1-18(2)9-15(14-8-13(21)3-4-16(14)24-18)22-17(23)10-5-11(19)7-12(20)6-10;/h3-8,15H,9,21H2,1-2H3,(H,22,23);1H. The van der Waals surface area contributed by atoms with Crippen molar-refractivity contribution in [2.75, 3.05) is 5.73 Å². The van der Waals surface area contributed by atoms with Gasteiger partial charge in [0.15, 0.2) is 0 Å². The molecule has 0 saturated carbocycles. The molecular formula is C18H19ClF2N2O2. The molecule has 1 unspecified atom stereocenters. The van der Waals surface area contributed by atoms with Gasteiger partial charge < -0.3 is 15.8 Å². The summed E-state index contributed by atoms with van der Waals surface area (Å²) in [5.41, 5.74) is 6.57. The van der Waals surface area contributed by atoms with Crippen LogP contribution in [0.2, 0.25) is 0 Å². The van der Waals surface area contributed by atoms with Crippen molar-refractivity contribution in [3.8, 4) is 5.75 Å². The van der Waals surface area contributed by atoms with Crippen molar-refractivity contribution in [2.24, 2.45) is 0 Å². The van der Waals surface area contributed by atoms with E-state index in [4.69, 9.17) is 10.5 Å². The average molecular weight is 369 g/mol. The highest BCUT2D eigenvalue weighted by atomic mass is 35.5. The number of amides is 1. The highest BCUT2D eigenvalue weighted by Gasteiger charge is 2.34. The number of carbonyl (C=O) groups is 1. The number of hydrogen-bond donors (Lipinski definition) is 2. The molecule has 2 aromatic carbocycles. The lowest BCUT2D eigenvalue weighted by molar-refractivity contribution is 0.0619. The van der Waals surface area contributed by atoms with Crippen LogP contribution < -0.4 is 15.8 Å². The molecule has 0 radical (unpaired) electrons. The van der Waals surface area contributed by atoms with Crippen molar-refractivity contribution in [2.45, 2.75) is 31.9 Å². The minimum Gasteiger partial charge on any atom is -0.487 e. The molecule has 0 aromatic heterocycles.